The standard InChI is InChI=1S/C24H22FNO3.C2H6.Na/c1-5-14(2)15(3)19-12-16(7-11-23(19)29-4)21-9-10-22(26-21)17-6-8-18(24(27)28)20(25)13-17;1-2;/h5-13,26H,3H2,1-2,4H3,(H,27,28);1-2H3;/q;;+1/p-1/b14-5+;;. The Bertz CT molecular complexity index is 1130. The van der Waals surface area contributed by atoms with Gasteiger partial charge in [0.05, 0.1) is 13.1 Å². The van der Waals surface area contributed by atoms with Gasteiger partial charge in [0.2, 0.25) is 0 Å². The molecule has 1 heterocycles. The fourth-order valence-electron chi connectivity index (χ4n) is 3.08. The average Bonchev–Trinajstić information content (AvgIpc) is 3.29. The number of rotatable bonds is 6. The third kappa shape index (κ3) is 6.00. The molecule has 0 spiro atoms. The summed E-state index contributed by atoms with van der Waals surface area (Å²) in [5.74, 6) is -1.64. The second-order valence-corrected chi connectivity index (χ2v) is 6.63. The molecule has 1 N–H and O–H groups in total. The number of carbonyl (C=O) groups is 1. The fraction of sp³-hybridized carbons (Fsp3) is 0.192. The maximum atomic E-state index is 14.0. The molecule has 0 aliphatic rings. The summed E-state index contributed by atoms with van der Waals surface area (Å²) in [6.07, 6.45) is 1.99. The van der Waals surface area contributed by atoms with Gasteiger partial charge < -0.3 is 19.6 Å². The van der Waals surface area contributed by atoms with Crippen LogP contribution in [-0.4, -0.2) is 18.1 Å². The van der Waals surface area contributed by atoms with Crippen LogP contribution in [0.1, 0.15) is 43.6 Å². The summed E-state index contributed by atoms with van der Waals surface area (Å²) in [4.78, 5) is 14.1. The topological polar surface area (TPSA) is 65.1 Å². The number of carbonyl (C=O) groups excluding carboxylic acids is 1. The fourth-order valence-corrected chi connectivity index (χ4v) is 3.08. The molecule has 0 amide bonds. The van der Waals surface area contributed by atoms with E-state index in [1.165, 1.54) is 12.1 Å². The van der Waals surface area contributed by atoms with Gasteiger partial charge in [-0.15, -0.1) is 0 Å². The number of ether oxygens (including phenoxy) is 1. The van der Waals surface area contributed by atoms with Gasteiger partial charge >= 0.3 is 29.6 Å². The van der Waals surface area contributed by atoms with Gasteiger partial charge in [0.15, 0.2) is 0 Å². The van der Waals surface area contributed by atoms with Crippen molar-refractivity contribution in [2.75, 3.05) is 7.11 Å². The largest absolute Gasteiger partial charge is 1.00 e. The van der Waals surface area contributed by atoms with E-state index in [0.717, 1.165) is 33.7 Å². The molecule has 0 saturated heterocycles. The maximum absolute atomic E-state index is 14.0. The normalized spacial score (nSPS) is 10.5. The smallest absolute Gasteiger partial charge is 0.545 e. The zero-order valence-corrected chi connectivity index (χ0v) is 21.5. The number of methoxy groups -OCH3 is 1. The molecule has 3 aromatic rings. The monoisotopic (exact) mass is 443 g/mol. The molecule has 3 rings (SSSR count). The number of hydrogen-bond acceptors (Lipinski definition) is 3. The van der Waals surface area contributed by atoms with E-state index in [2.05, 4.69) is 11.6 Å². The molecular formula is C26H27FNNaO3. The van der Waals surface area contributed by atoms with E-state index in [9.17, 15) is 14.3 Å². The molecule has 2 aromatic carbocycles. The van der Waals surface area contributed by atoms with Crippen molar-refractivity contribution in [1.82, 2.24) is 4.98 Å². The Balaban J connectivity index is 0.00000166. The molecule has 162 valence electrons. The molecule has 0 radical (unpaired) electrons. The van der Waals surface area contributed by atoms with Crippen LogP contribution in [0, 0.1) is 5.82 Å². The molecule has 1 aromatic heterocycles. The molecule has 0 unspecified atom stereocenters. The number of aromatic carboxylic acids is 1. The molecule has 0 saturated carbocycles. The summed E-state index contributed by atoms with van der Waals surface area (Å²) >= 11 is 0. The number of nitrogens with one attached hydrogen (secondary N) is 1. The summed E-state index contributed by atoms with van der Waals surface area (Å²) in [5, 5.41) is 10.9. The number of aromatic amines is 1. The molecule has 0 aliphatic carbocycles. The predicted octanol–water partition coefficient (Wildman–Crippen LogP) is 2.87. The van der Waals surface area contributed by atoms with E-state index in [-0.39, 0.29) is 29.6 Å². The zero-order chi connectivity index (χ0) is 23.1. The van der Waals surface area contributed by atoms with Crippen LogP contribution < -0.4 is 39.4 Å². The maximum Gasteiger partial charge on any atom is 1.00 e. The number of benzene rings is 2. The molecule has 32 heavy (non-hydrogen) atoms. The van der Waals surface area contributed by atoms with Gasteiger partial charge in [0.1, 0.15) is 11.6 Å². The van der Waals surface area contributed by atoms with E-state index >= 15 is 0 Å². The number of allylic oxidation sites excluding steroid dienone is 3. The summed E-state index contributed by atoms with van der Waals surface area (Å²) in [7, 11) is 1.62. The van der Waals surface area contributed by atoms with Crippen molar-refractivity contribution in [3.8, 4) is 28.3 Å². The summed E-state index contributed by atoms with van der Waals surface area (Å²) in [6, 6.07) is 13.4. The Morgan fingerprint density at radius 1 is 1.03 bits per heavy atom. The third-order valence-corrected chi connectivity index (χ3v) is 4.93. The Kier molecular flexibility index (Phi) is 10.7. The van der Waals surface area contributed by atoms with E-state index in [4.69, 9.17) is 4.74 Å². The van der Waals surface area contributed by atoms with E-state index in [1.807, 2.05) is 64.1 Å². The van der Waals surface area contributed by atoms with Crippen molar-refractivity contribution in [2.24, 2.45) is 0 Å². The van der Waals surface area contributed by atoms with Gasteiger partial charge in [-0.2, -0.15) is 0 Å². The summed E-state index contributed by atoms with van der Waals surface area (Å²) < 4.78 is 19.5. The number of H-pyrrole nitrogens is 1. The van der Waals surface area contributed by atoms with Crippen molar-refractivity contribution in [3.05, 3.63) is 83.7 Å². The zero-order valence-electron chi connectivity index (χ0n) is 19.5. The number of aromatic nitrogens is 1. The third-order valence-electron chi connectivity index (χ3n) is 4.93. The quantitative estimate of drug-likeness (QED) is 0.471. The molecule has 6 heteroatoms. The number of halogens is 1. The van der Waals surface area contributed by atoms with E-state index in [0.29, 0.717) is 11.3 Å². The minimum Gasteiger partial charge on any atom is -0.545 e. The second kappa shape index (κ2) is 12.4. The van der Waals surface area contributed by atoms with Crippen LogP contribution in [0.15, 0.2) is 66.8 Å². The van der Waals surface area contributed by atoms with Crippen LogP contribution >= 0.6 is 0 Å². The first-order chi connectivity index (χ1) is 14.8. The van der Waals surface area contributed by atoms with E-state index < -0.39 is 17.3 Å². The first-order valence-electron chi connectivity index (χ1n) is 10.1. The summed E-state index contributed by atoms with van der Waals surface area (Å²) in [6.45, 7) is 12.1. The second-order valence-electron chi connectivity index (χ2n) is 6.63. The van der Waals surface area contributed by atoms with Crippen molar-refractivity contribution in [1.29, 1.82) is 0 Å². The van der Waals surface area contributed by atoms with Gasteiger partial charge in [0.25, 0.3) is 0 Å². The van der Waals surface area contributed by atoms with Gasteiger partial charge in [0, 0.05) is 28.1 Å². The van der Waals surface area contributed by atoms with Gasteiger partial charge in [-0.1, -0.05) is 32.6 Å². The summed E-state index contributed by atoms with van der Waals surface area (Å²) in [5.41, 5.74) is 5.32. The van der Waals surface area contributed by atoms with Crippen LogP contribution in [0.25, 0.3) is 28.1 Å². The number of carboxylic acid groups (broad SMARTS) is 1. The van der Waals surface area contributed by atoms with Crippen molar-refractivity contribution in [3.63, 3.8) is 0 Å². The van der Waals surface area contributed by atoms with Gasteiger partial charge in [-0.05, 0) is 73.0 Å². The Morgan fingerprint density at radius 2 is 1.59 bits per heavy atom. The predicted molar refractivity (Wildman–Crippen MR) is 122 cm³/mol. The SMILES string of the molecule is C=C(/C(C)=C/C)c1cc(-c2ccc(-c3ccc(C(=O)[O-])c(F)c3)[nH]2)ccc1OC.CC.[Na+]. The minimum absolute atomic E-state index is 0. The Hall–Kier alpha value is -2.60. The van der Waals surface area contributed by atoms with Crippen molar-refractivity contribution < 1.29 is 48.6 Å². The van der Waals surface area contributed by atoms with Crippen LogP contribution in [0.3, 0.4) is 0 Å². The van der Waals surface area contributed by atoms with Crippen molar-refractivity contribution in [2.45, 2.75) is 27.7 Å². The average molecular weight is 443 g/mol. The molecule has 0 aliphatic heterocycles. The minimum atomic E-state index is -1.54. The molecule has 4 nitrogen and oxygen atoms in total. The van der Waals surface area contributed by atoms with Crippen LogP contribution in [0.2, 0.25) is 0 Å². The first-order valence-corrected chi connectivity index (χ1v) is 10.1. The van der Waals surface area contributed by atoms with Crippen molar-refractivity contribution >= 4 is 11.5 Å². The van der Waals surface area contributed by atoms with Gasteiger partial charge in [-0.3, -0.25) is 0 Å². The Labute approximate surface area is 211 Å². The number of carboxylic acids is 1. The van der Waals surface area contributed by atoms with E-state index in [1.54, 1.807) is 13.2 Å². The van der Waals surface area contributed by atoms with Gasteiger partial charge in [-0.25, -0.2) is 4.39 Å². The first kappa shape index (κ1) is 27.4. The molecule has 0 bridgehead atoms. The molecular weight excluding hydrogens is 416 g/mol. The molecule has 0 atom stereocenters. The Morgan fingerprint density at radius 3 is 2.09 bits per heavy atom. The molecule has 0 fully saturated rings. The van der Waals surface area contributed by atoms with Crippen LogP contribution in [-0.2, 0) is 0 Å². The van der Waals surface area contributed by atoms with Crippen LogP contribution in [0.5, 0.6) is 5.75 Å². The van der Waals surface area contributed by atoms with Crippen LogP contribution in [0.4, 0.5) is 4.39 Å². The number of hydrogen-bond donors (Lipinski definition) is 1.